The molecule has 8 nitrogen and oxygen atoms in total. The molecule has 176 valence electrons. The second-order valence-corrected chi connectivity index (χ2v) is 8.05. The molecule has 2 unspecified atom stereocenters. The van der Waals surface area contributed by atoms with Gasteiger partial charge in [0.25, 0.3) is 5.91 Å². The van der Waals surface area contributed by atoms with E-state index >= 15 is 0 Å². The maximum Gasteiger partial charge on any atom is 0.338 e. The summed E-state index contributed by atoms with van der Waals surface area (Å²) in [6, 6.07) is 12.2. The van der Waals surface area contributed by atoms with Gasteiger partial charge in [-0.15, -0.1) is 0 Å². The van der Waals surface area contributed by atoms with E-state index in [0.29, 0.717) is 17.9 Å². The highest BCUT2D eigenvalue weighted by molar-refractivity contribution is 5.97. The molecule has 8 heteroatoms. The van der Waals surface area contributed by atoms with E-state index in [1.165, 1.54) is 6.92 Å². The molecule has 0 aromatic heterocycles. The first-order valence-corrected chi connectivity index (χ1v) is 11.0. The third-order valence-corrected chi connectivity index (χ3v) is 5.37. The van der Waals surface area contributed by atoms with Crippen LogP contribution in [0.4, 0.5) is 5.69 Å². The Bertz CT molecular complexity index is 963. The Hall–Kier alpha value is -3.39. The minimum atomic E-state index is -1.05. The van der Waals surface area contributed by atoms with Gasteiger partial charge in [0.2, 0.25) is 5.91 Å². The SMILES string of the molecule is Cc1cccc(C)c1NC(=O)CNC(=O)C(C)OC(=O)c1ccc(OCC2CCCO2)cc1. The van der Waals surface area contributed by atoms with Gasteiger partial charge in [0.05, 0.1) is 18.2 Å². The van der Waals surface area contributed by atoms with Gasteiger partial charge in [-0.25, -0.2) is 4.79 Å². The second-order valence-electron chi connectivity index (χ2n) is 8.05. The number of carbonyl (C=O) groups excluding carboxylic acids is 3. The Labute approximate surface area is 193 Å². The van der Waals surface area contributed by atoms with Gasteiger partial charge in [-0.3, -0.25) is 9.59 Å². The van der Waals surface area contributed by atoms with Crippen molar-refractivity contribution in [1.82, 2.24) is 5.32 Å². The lowest BCUT2D eigenvalue weighted by atomic mass is 10.1. The minimum Gasteiger partial charge on any atom is -0.491 e. The summed E-state index contributed by atoms with van der Waals surface area (Å²) in [6.07, 6.45) is 1.08. The molecule has 0 aliphatic carbocycles. The number of amides is 2. The fourth-order valence-corrected chi connectivity index (χ4v) is 3.44. The number of benzene rings is 2. The Balaban J connectivity index is 1.42. The summed E-state index contributed by atoms with van der Waals surface area (Å²) in [5.41, 5.74) is 2.88. The van der Waals surface area contributed by atoms with Gasteiger partial charge >= 0.3 is 5.97 Å². The van der Waals surface area contributed by atoms with Crippen LogP contribution in [0.1, 0.15) is 41.3 Å². The van der Waals surface area contributed by atoms with E-state index < -0.39 is 18.0 Å². The molecule has 3 rings (SSSR count). The van der Waals surface area contributed by atoms with Gasteiger partial charge in [0, 0.05) is 12.3 Å². The fourth-order valence-electron chi connectivity index (χ4n) is 3.44. The van der Waals surface area contributed by atoms with Crippen molar-refractivity contribution in [3.8, 4) is 5.75 Å². The number of esters is 1. The van der Waals surface area contributed by atoms with Gasteiger partial charge in [0.1, 0.15) is 12.4 Å². The molecule has 2 amide bonds. The highest BCUT2D eigenvalue weighted by Crippen LogP contribution is 2.19. The summed E-state index contributed by atoms with van der Waals surface area (Å²) in [7, 11) is 0. The Morgan fingerprint density at radius 2 is 1.79 bits per heavy atom. The lowest BCUT2D eigenvalue weighted by molar-refractivity contribution is -0.130. The van der Waals surface area contributed by atoms with Crippen LogP contribution >= 0.6 is 0 Å². The van der Waals surface area contributed by atoms with Crippen molar-refractivity contribution in [2.24, 2.45) is 0 Å². The molecule has 1 fully saturated rings. The summed E-state index contributed by atoms with van der Waals surface area (Å²) in [4.78, 5) is 36.8. The van der Waals surface area contributed by atoms with Gasteiger partial charge in [-0.1, -0.05) is 18.2 Å². The zero-order valence-corrected chi connectivity index (χ0v) is 19.2. The highest BCUT2D eigenvalue weighted by Gasteiger charge is 2.20. The van der Waals surface area contributed by atoms with Gasteiger partial charge in [-0.2, -0.15) is 0 Å². The van der Waals surface area contributed by atoms with Crippen LogP contribution in [0.5, 0.6) is 5.75 Å². The molecular formula is C25H30N2O6. The van der Waals surface area contributed by atoms with Crippen LogP contribution in [0.2, 0.25) is 0 Å². The molecule has 1 aliphatic rings. The van der Waals surface area contributed by atoms with Crippen molar-refractivity contribution in [3.05, 3.63) is 59.2 Å². The predicted molar refractivity (Wildman–Crippen MR) is 123 cm³/mol. The lowest BCUT2D eigenvalue weighted by Gasteiger charge is -2.15. The first-order chi connectivity index (χ1) is 15.8. The van der Waals surface area contributed by atoms with E-state index in [1.807, 2.05) is 32.0 Å². The zero-order chi connectivity index (χ0) is 23.8. The first-order valence-electron chi connectivity index (χ1n) is 11.0. The molecule has 0 spiro atoms. The number of hydrogen-bond donors (Lipinski definition) is 2. The summed E-state index contributed by atoms with van der Waals surface area (Å²) >= 11 is 0. The molecule has 2 aromatic carbocycles. The Morgan fingerprint density at radius 3 is 2.42 bits per heavy atom. The quantitative estimate of drug-likeness (QED) is 0.564. The minimum absolute atomic E-state index is 0.108. The maximum absolute atomic E-state index is 12.3. The van der Waals surface area contributed by atoms with Gasteiger partial charge in [0.15, 0.2) is 6.10 Å². The average molecular weight is 455 g/mol. The summed E-state index contributed by atoms with van der Waals surface area (Å²) < 4.78 is 16.4. The lowest BCUT2D eigenvalue weighted by Crippen LogP contribution is -2.40. The second kappa shape index (κ2) is 11.5. The van der Waals surface area contributed by atoms with Crippen LogP contribution < -0.4 is 15.4 Å². The molecule has 2 atom stereocenters. The molecule has 33 heavy (non-hydrogen) atoms. The maximum atomic E-state index is 12.3. The zero-order valence-electron chi connectivity index (χ0n) is 19.2. The number of para-hydroxylation sites is 1. The number of ether oxygens (including phenoxy) is 3. The highest BCUT2D eigenvalue weighted by atomic mass is 16.5. The fraction of sp³-hybridized carbons (Fsp3) is 0.400. The number of rotatable bonds is 9. The van der Waals surface area contributed by atoms with Crippen LogP contribution in [0.3, 0.4) is 0 Å². The van der Waals surface area contributed by atoms with E-state index in [0.717, 1.165) is 36.3 Å². The number of nitrogens with one attached hydrogen (secondary N) is 2. The average Bonchev–Trinajstić information content (AvgIpc) is 3.32. The van der Waals surface area contributed by atoms with Crippen molar-refractivity contribution in [3.63, 3.8) is 0 Å². The monoisotopic (exact) mass is 454 g/mol. The van der Waals surface area contributed by atoms with Crippen molar-refractivity contribution < 1.29 is 28.6 Å². The smallest absolute Gasteiger partial charge is 0.338 e. The molecule has 1 heterocycles. The number of carbonyl (C=O) groups is 3. The Morgan fingerprint density at radius 1 is 1.09 bits per heavy atom. The van der Waals surface area contributed by atoms with Crippen LogP contribution in [-0.2, 0) is 19.1 Å². The summed E-state index contributed by atoms with van der Waals surface area (Å²) in [5, 5.41) is 5.28. The number of hydrogen-bond acceptors (Lipinski definition) is 6. The largest absolute Gasteiger partial charge is 0.491 e. The summed E-state index contributed by atoms with van der Waals surface area (Å²) in [5.74, 6) is -0.930. The van der Waals surface area contributed by atoms with Crippen LogP contribution in [0.25, 0.3) is 0 Å². The van der Waals surface area contributed by atoms with E-state index in [1.54, 1.807) is 24.3 Å². The molecule has 0 radical (unpaired) electrons. The van der Waals surface area contributed by atoms with E-state index in [2.05, 4.69) is 10.6 Å². The van der Waals surface area contributed by atoms with Crippen LogP contribution in [-0.4, -0.2) is 49.8 Å². The van der Waals surface area contributed by atoms with Crippen molar-refractivity contribution in [2.75, 3.05) is 25.1 Å². The topological polar surface area (TPSA) is 103 Å². The molecular weight excluding hydrogens is 424 g/mol. The van der Waals surface area contributed by atoms with Gasteiger partial charge < -0.3 is 24.8 Å². The third kappa shape index (κ3) is 7.05. The molecule has 0 saturated carbocycles. The first kappa shape index (κ1) is 24.3. The van der Waals surface area contributed by atoms with Crippen molar-refractivity contribution in [1.29, 1.82) is 0 Å². The molecule has 2 aromatic rings. The normalized spacial score (nSPS) is 16.0. The molecule has 2 N–H and O–H groups in total. The van der Waals surface area contributed by atoms with Crippen LogP contribution in [0, 0.1) is 13.8 Å². The van der Waals surface area contributed by atoms with Crippen molar-refractivity contribution >= 4 is 23.5 Å². The standard InChI is InChI=1S/C25H30N2O6/c1-16-6-4-7-17(2)23(16)27-22(28)14-26-24(29)18(3)33-25(30)19-9-11-20(12-10-19)32-15-21-8-5-13-31-21/h4,6-7,9-12,18,21H,5,8,13-15H2,1-3H3,(H,26,29)(H,27,28). The van der Waals surface area contributed by atoms with Crippen LogP contribution in [0.15, 0.2) is 42.5 Å². The third-order valence-electron chi connectivity index (χ3n) is 5.37. The molecule has 1 aliphatic heterocycles. The van der Waals surface area contributed by atoms with E-state index in [4.69, 9.17) is 14.2 Å². The molecule has 1 saturated heterocycles. The number of aryl methyl sites for hydroxylation is 2. The molecule has 0 bridgehead atoms. The Kier molecular flexibility index (Phi) is 8.43. The van der Waals surface area contributed by atoms with E-state index in [-0.39, 0.29) is 18.6 Å². The predicted octanol–water partition coefficient (Wildman–Crippen LogP) is 3.16. The summed E-state index contributed by atoms with van der Waals surface area (Å²) in [6.45, 7) is 6.25. The van der Waals surface area contributed by atoms with Gasteiger partial charge in [-0.05, 0) is 69.0 Å². The van der Waals surface area contributed by atoms with Crippen molar-refractivity contribution in [2.45, 2.75) is 45.8 Å². The number of anilines is 1. The van der Waals surface area contributed by atoms with E-state index in [9.17, 15) is 14.4 Å².